The molecule has 3 aliphatic rings. The van der Waals surface area contributed by atoms with E-state index in [1.165, 1.54) is 12.0 Å². The minimum absolute atomic E-state index is 0.393. The maximum Gasteiger partial charge on any atom is 0.311 e. The predicted octanol–water partition coefficient (Wildman–Crippen LogP) is 2.98. The Balaban J connectivity index is 1.39. The second-order valence-corrected chi connectivity index (χ2v) is 7.26. The summed E-state index contributed by atoms with van der Waals surface area (Å²) >= 11 is 0. The number of aliphatic carboxylic acids is 1. The average molecular weight is 285 g/mol. The Hall–Kier alpha value is -1.35. The van der Waals surface area contributed by atoms with E-state index in [1.807, 2.05) is 0 Å². The van der Waals surface area contributed by atoms with Gasteiger partial charge in [-0.15, -0.1) is 0 Å². The van der Waals surface area contributed by atoms with Gasteiger partial charge in [0.2, 0.25) is 0 Å². The molecule has 0 amide bonds. The molecular weight excluding hydrogens is 262 g/mol. The van der Waals surface area contributed by atoms with Crippen LogP contribution in [0.3, 0.4) is 0 Å². The molecule has 1 heterocycles. The monoisotopic (exact) mass is 285 g/mol. The third kappa shape index (κ3) is 2.18. The maximum absolute atomic E-state index is 11.7. The summed E-state index contributed by atoms with van der Waals surface area (Å²) in [4.78, 5) is 14.1. The van der Waals surface area contributed by atoms with Crippen LogP contribution in [0.2, 0.25) is 0 Å². The third-order valence-corrected chi connectivity index (χ3v) is 6.01. The summed E-state index contributed by atoms with van der Waals surface area (Å²) in [7, 11) is 0. The van der Waals surface area contributed by atoms with Crippen molar-refractivity contribution in [1.82, 2.24) is 4.90 Å². The van der Waals surface area contributed by atoms with Gasteiger partial charge in [-0.2, -0.15) is 0 Å². The van der Waals surface area contributed by atoms with E-state index in [0.717, 1.165) is 44.8 Å². The SMILES string of the molecule is O=C(O)[C@@]12CCC[C@H]1CN(C[C@@H]1C[C@H]1c1ccccc1)C2. The number of carboxylic acids is 1. The molecule has 1 saturated heterocycles. The van der Waals surface area contributed by atoms with E-state index >= 15 is 0 Å². The molecule has 0 unspecified atom stereocenters. The third-order valence-electron chi connectivity index (χ3n) is 6.01. The van der Waals surface area contributed by atoms with Crippen molar-refractivity contribution >= 4 is 5.97 Å². The Labute approximate surface area is 126 Å². The van der Waals surface area contributed by atoms with Gasteiger partial charge in [0.25, 0.3) is 0 Å². The molecule has 4 atom stereocenters. The number of rotatable bonds is 4. The summed E-state index contributed by atoms with van der Waals surface area (Å²) in [6.45, 7) is 2.88. The molecule has 1 aromatic carbocycles. The van der Waals surface area contributed by atoms with Gasteiger partial charge in [0.15, 0.2) is 0 Å². The minimum Gasteiger partial charge on any atom is -0.481 e. The van der Waals surface area contributed by atoms with Crippen molar-refractivity contribution in [3.63, 3.8) is 0 Å². The molecule has 1 aliphatic heterocycles. The first-order valence-corrected chi connectivity index (χ1v) is 8.20. The zero-order valence-corrected chi connectivity index (χ0v) is 12.4. The van der Waals surface area contributed by atoms with E-state index < -0.39 is 11.4 Å². The Morgan fingerprint density at radius 3 is 2.86 bits per heavy atom. The highest BCUT2D eigenvalue weighted by Crippen LogP contribution is 2.52. The van der Waals surface area contributed by atoms with Gasteiger partial charge in [-0.25, -0.2) is 0 Å². The molecule has 2 saturated carbocycles. The number of carboxylic acid groups (broad SMARTS) is 1. The van der Waals surface area contributed by atoms with Crippen molar-refractivity contribution in [3.8, 4) is 0 Å². The molecule has 0 radical (unpaired) electrons. The lowest BCUT2D eigenvalue weighted by atomic mass is 9.81. The normalized spacial score (nSPS) is 38.4. The largest absolute Gasteiger partial charge is 0.481 e. The van der Waals surface area contributed by atoms with Crippen LogP contribution < -0.4 is 0 Å². The van der Waals surface area contributed by atoms with Crippen molar-refractivity contribution in [2.24, 2.45) is 17.3 Å². The van der Waals surface area contributed by atoms with Gasteiger partial charge in [-0.1, -0.05) is 36.8 Å². The summed E-state index contributed by atoms with van der Waals surface area (Å²) in [6, 6.07) is 10.7. The van der Waals surface area contributed by atoms with Crippen LogP contribution in [0.5, 0.6) is 0 Å². The first kappa shape index (κ1) is 13.3. The zero-order chi connectivity index (χ0) is 14.4. The molecule has 1 aromatic rings. The van der Waals surface area contributed by atoms with E-state index in [1.54, 1.807) is 0 Å². The van der Waals surface area contributed by atoms with Crippen LogP contribution in [0.25, 0.3) is 0 Å². The Kier molecular flexibility index (Phi) is 3.07. The molecule has 0 bridgehead atoms. The molecule has 3 nitrogen and oxygen atoms in total. The molecule has 0 aromatic heterocycles. The van der Waals surface area contributed by atoms with Crippen LogP contribution in [0.4, 0.5) is 0 Å². The molecule has 3 heteroatoms. The van der Waals surface area contributed by atoms with Crippen molar-refractivity contribution in [2.75, 3.05) is 19.6 Å². The van der Waals surface area contributed by atoms with Gasteiger partial charge < -0.3 is 10.0 Å². The van der Waals surface area contributed by atoms with Crippen LogP contribution in [0.1, 0.15) is 37.2 Å². The van der Waals surface area contributed by atoms with Crippen molar-refractivity contribution in [1.29, 1.82) is 0 Å². The Bertz CT molecular complexity index is 543. The number of hydrogen-bond donors (Lipinski definition) is 1. The lowest BCUT2D eigenvalue weighted by Gasteiger charge is -2.23. The number of likely N-dealkylation sites (tertiary alicyclic amines) is 1. The van der Waals surface area contributed by atoms with Gasteiger partial charge in [0.05, 0.1) is 5.41 Å². The van der Waals surface area contributed by atoms with E-state index in [-0.39, 0.29) is 0 Å². The molecule has 112 valence electrons. The van der Waals surface area contributed by atoms with E-state index in [9.17, 15) is 9.90 Å². The van der Waals surface area contributed by atoms with Crippen LogP contribution in [-0.2, 0) is 4.79 Å². The smallest absolute Gasteiger partial charge is 0.311 e. The molecule has 1 N–H and O–H groups in total. The maximum atomic E-state index is 11.7. The molecule has 3 fully saturated rings. The Morgan fingerprint density at radius 2 is 2.14 bits per heavy atom. The number of fused-ring (bicyclic) bond motifs is 1. The summed E-state index contributed by atoms with van der Waals surface area (Å²) < 4.78 is 0. The van der Waals surface area contributed by atoms with E-state index in [0.29, 0.717) is 11.8 Å². The summed E-state index contributed by atoms with van der Waals surface area (Å²) in [5.74, 6) is 1.27. The van der Waals surface area contributed by atoms with Crippen LogP contribution in [-0.4, -0.2) is 35.6 Å². The first-order chi connectivity index (χ1) is 10.2. The quantitative estimate of drug-likeness (QED) is 0.924. The summed E-state index contributed by atoms with van der Waals surface area (Å²) in [5, 5.41) is 9.65. The highest BCUT2D eigenvalue weighted by molar-refractivity contribution is 5.76. The van der Waals surface area contributed by atoms with Gasteiger partial charge in [0, 0.05) is 19.6 Å². The minimum atomic E-state index is -0.553. The number of hydrogen-bond acceptors (Lipinski definition) is 2. The van der Waals surface area contributed by atoms with E-state index in [2.05, 4.69) is 35.2 Å². The predicted molar refractivity (Wildman–Crippen MR) is 81.1 cm³/mol. The van der Waals surface area contributed by atoms with Crippen molar-refractivity contribution in [3.05, 3.63) is 35.9 Å². The topological polar surface area (TPSA) is 40.5 Å². The van der Waals surface area contributed by atoms with Gasteiger partial charge in [0.1, 0.15) is 0 Å². The van der Waals surface area contributed by atoms with E-state index in [4.69, 9.17) is 0 Å². The van der Waals surface area contributed by atoms with Crippen LogP contribution in [0, 0.1) is 17.3 Å². The fourth-order valence-electron chi connectivity index (χ4n) is 4.77. The first-order valence-electron chi connectivity index (χ1n) is 8.20. The lowest BCUT2D eigenvalue weighted by Crippen LogP contribution is -2.36. The molecule has 4 rings (SSSR count). The molecule has 21 heavy (non-hydrogen) atoms. The van der Waals surface area contributed by atoms with Gasteiger partial charge >= 0.3 is 5.97 Å². The van der Waals surface area contributed by atoms with Crippen molar-refractivity contribution in [2.45, 2.75) is 31.6 Å². The number of nitrogens with zero attached hydrogens (tertiary/aromatic N) is 1. The Morgan fingerprint density at radius 1 is 1.33 bits per heavy atom. The van der Waals surface area contributed by atoms with Crippen LogP contribution >= 0.6 is 0 Å². The number of benzene rings is 1. The fraction of sp³-hybridized carbons (Fsp3) is 0.611. The second-order valence-electron chi connectivity index (χ2n) is 7.26. The lowest BCUT2D eigenvalue weighted by molar-refractivity contribution is -0.149. The summed E-state index contributed by atoms with van der Waals surface area (Å²) in [5.41, 5.74) is 1.03. The molecule has 0 spiro atoms. The number of carbonyl (C=O) groups is 1. The molecular formula is C18H23NO2. The highest BCUT2D eigenvalue weighted by Gasteiger charge is 2.55. The highest BCUT2D eigenvalue weighted by atomic mass is 16.4. The van der Waals surface area contributed by atoms with Crippen LogP contribution in [0.15, 0.2) is 30.3 Å². The summed E-state index contributed by atoms with van der Waals surface area (Å²) in [6.07, 6.45) is 4.36. The zero-order valence-electron chi connectivity index (χ0n) is 12.4. The van der Waals surface area contributed by atoms with Gasteiger partial charge in [-0.3, -0.25) is 4.79 Å². The van der Waals surface area contributed by atoms with Gasteiger partial charge in [-0.05, 0) is 42.6 Å². The second kappa shape index (κ2) is 4.84. The fourth-order valence-corrected chi connectivity index (χ4v) is 4.77. The average Bonchev–Trinajstić information content (AvgIpc) is 2.96. The molecule has 2 aliphatic carbocycles. The van der Waals surface area contributed by atoms with Crippen molar-refractivity contribution < 1.29 is 9.90 Å². The standard InChI is InChI=1S/C18H23NO2/c20-17(21)18-8-4-7-15(18)11-19(12-18)10-14-9-16(14)13-5-2-1-3-6-13/h1-3,5-6,14-16H,4,7-12H2,(H,20,21)/t14-,15-,16-,18+/m0/s1.